The summed E-state index contributed by atoms with van der Waals surface area (Å²) in [7, 11) is 0. The predicted octanol–water partition coefficient (Wildman–Crippen LogP) is 2.02. The molecular formula is C12H14O5. The van der Waals surface area contributed by atoms with Gasteiger partial charge in [0, 0.05) is 6.42 Å². The van der Waals surface area contributed by atoms with E-state index in [1.165, 1.54) is 12.1 Å². The Labute approximate surface area is 98.6 Å². The molecule has 1 aromatic carbocycles. The van der Waals surface area contributed by atoms with Crippen LogP contribution >= 0.6 is 0 Å². The lowest BCUT2D eigenvalue weighted by atomic mass is 10.2. The molecule has 0 heterocycles. The zero-order valence-electron chi connectivity index (χ0n) is 9.26. The second kappa shape index (κ2) is 6.52. The second-order valence-corrected chi connectivity index (χ2v) is 3.53. The van der Waals surface area contributed by atoms with Gasteiger partial charge in [0.2, 0.25) is 0 Å². The minimum atomic E-state index is -0.999. The molecule has 17 heavy (non-hydrogen) atoms. The molecule has 0 spiro atoms. The van der Waals surface area contributed by atoms with Crippen LogP contribution in [0.4, 0.5) is 0 Å². The van der Waals surface area contributed by atoms with Gasteiger partial charge in [-0.05, 0) is 31.0 Å². The summed E-state index contributed by atoms with van der Waals surface area (Å²) in [5, 5.41) is 17.2. The number of hydrogen-bond donors (Lipinski definition) is 2. The van der Waals surface area contributed by atoms with Gasteiger partial charge in [-0.3, -0.25) is 4.79 Å². The van der Waals surface area contributed by atoms with Gasteiger partial charge in [-0.2, -0.15) is 0 Å². The van der Waals surface area contributed by atoms with Gasteiger partial charge in [0.25, 0.3) is 0 Å². The average molecular weight is 238 g/mol. The quantitative estimate of drug-likeness (QED) is 0.710. The maximum atomic E-state index is 10.7. The van der Waals surface area contributed by atoms with Crippen molar-refractivity contribution in [3.05, 3.63) is 29.8 Å². The van der Waals surface area contributed by atoms with Crippen LogP contribution in [0.3, 0.4) is 0 Å². The van der Waals surface area contributed by atoms with Crippen molar-refractivity contribution in [1.29, 1.82) is 0 Å². The van der Waals surface area contributed by atoms with Crippen LogP contribution in [0.25, 0.3) is 0 Å². The molecule has 1 aromatic rings. The van der Waals surface area contributed by atoms with Gasteiger partial charge in [0.1, 0.15) is 5.75 Å². The molecule has 0 fully saturated rings. The SMILES string of the molecule is O=C(O)CCCCOc1cccc(C(=O)O)c1. The van der Waals surface area contributed by atoms with E-state index >= 15 is 0 Å². The Bertz CT molecular complexity index is 400. The highest BCUT2D eigenvalue weighted by Crippen LogP contribution is 2.13. The van der Waals surface area contributed by atoms with Crippen LogP contribution in [-0.4, -0.2) is 28.8 Å². The van der Waals surface area contributed by atoms with E-state index < -0.39 is 11.9 Å². The van der Waals surface area contributed by atoms with Crippen molar-refractivity contribution in [1.82, 2.24) is 0 Å². The van der Waals surface area contributed by atoms with Gasteiger partial charge in [-0.15, -0.1) is 0 Å². The van der Waals surface area contributed by atoms with Crippen molar-refractivity contribution in [2.75, 3.05) is 6.61 Å². The average Bonchev–Trinajstić information content (AvgIpc) is 2.28. The van der Waals surface area contributed by atoms with Crippen molar-refractivity contribution in [3.63, 3.8) is 0 Å². The molecule has 0 amide bonds. The van der Waals surface area contributed by atoms with E-state index in [0.717, 1.165) is 0 Å². The summed E-state index contributed by atoms with van der Waals surface area (Å²) in [6, 6.07) is 6.21. The van der Waals surface area contributed by atoms with E-state index in [4.69, 9.17) is 14.9 Å². The number of rotatable bonds is 7. The maximum absolute atomic E-state index is 10.7. The molecular weight excluding hydrogens is 224 g/mol. The molecule has 1 rings (SSSR count). The number of carbonyl (C=O) groups is 2. The third-order valence-corrected chi connectivity index (χ3v) is 2.13. The first kappa shape index (κ1) is 13.0. The standard InChI is InChI=1S/C12H14O5/c13-11(14)6-1-2-7-17-10-5-3-4-9(8-10)12(15)16/h3-5,8H,1-2,6-7H2,(H,13,14)(H,15,16). The first-order valence-electron chi connectivity index (χ1n) is 5.27. The highest BCUT2D eigenvalue weighted by atomic mass is 16.5. The van der Waals surface area contributed by atoms with Crippen LogP contribution in [0, 0.1) is 0 Å². The van der Waals surface area contributed by atoms with Gasteiger partial charge in [0.05, 0.1) is 12.2 Å². The minimum absolute atomic E-state index is 0.124. The smallest absolute Gasteiger partial charge is 0.335 e. The van der Waals surface area contributed by atoms with E-state index in [1.54, 1.807) is 12.1 Å². The molecule has 0 atom stereocenters. The van der Waals surface area contributed by atoms with E-state index in [1.807, 2.05) is 0 Å². The molecule has 0 radical (unpaired) electrons. The molecule has 92 valence electrons. The molecule has 0 saturated heterocycles. The molecule has 0 bridgehead atoms. The Hall–Kier alpha value is -2.04. The summed E-state index contributed by atoms with van der Waals surface area (Å²) in [6.45, 7) is 0.385. The Kier molecular flexibility index (Phi) is 5.00. The highest BCUT2D eigenvalue weighted by molar-refractivity contribution is 5.87. The molecule has 2 N–H and O–H groups in total. The number of hydrogen-bond acceptors (Lipinski definition) is 3. The Morgan fingerprint density at radius 1 is 1.18 bits per heavy atom. The summed E-state index contributed by atoms with van der Waals surface area (Å²) in [5.74, 6) is -1.33. The number of ether oxygens (including phenoxy) is 1. The van der Waals surface area contributed by atoms with Crippen LogP contribution < -0.4 is 4.74 Å². The molecule has 0 unspecified atom stereocenters. The molecule has 0 aliphatic heterocycles. The Morgan fingerprint density at radius 2 is 1.94 bits per heavy atom. The number of unbranched alkanes of at least 4 members (excludes halogenated alkanes) is 1. The van der Waals surface area contributed by atoms with E-state index in [2.05, 4.69) is 0 Å². The Balaban J connectivity index is 2.34. The van der Waals surface area contributed by atoms with Gasteiger partial charge in [-0.1, -0.05) is 6.07 Å². The normalized spacial score (nSPS) is 9.88. The molecule has 0 aliphatic rings. The van der Waals surface area contributed by atoms with Crippen LogP contribution in [-0.2, 0) is 4.79 Å². The van der Waals surface area contributed by atoms with Crippen molar-refractivity contribution < 1.29 is 24.5 Å². The first-order valence-corrected chi connectivity index (χ1v) is 5.27. The van der Waals surface area contributed by atoms with Gasteiger partial charge in [-0.25, -0.2) is 4.79 Å². The van der Waals surface area contributed by atoms with Gasteiger partial charge in [0.15, 0.2) is 0 Å². The van der Waals surface area contributed by atoms with Gasteiger partial charge >= 0.3 is 11.9 Å². The lowest BCUT2D eigenvalue weighted by Gasteiger charge is -2.06. The number of aromatic carboxylic acids is 1. The van der Waals surface area contributed by atoms with Crippen molar-refractivity contribution >= 4 is 11.9 Å². The molecule has 0 aromatic heterocycles. The van der Waals surface area contributed by atoms with E-state index in [-0.39, 0.29) is 12.0 Å². The maximum Gasteiger partial charge on any atom is 0.335 e. The topological polar surface area (TPSA) is 83.8 Å². The van der Waals surface area contributed by atoms with Crippen molar-refractivity contribution in [2.45, 2.75) is 19.3 Å². The summed E-state index contributed by atoms with van der Waals surface area (Å²) in [5.41, 5.74) is 0.174. The largest absolute Gasteiger partial charge is 0.494 e. The zero-order chi connectivity index (χ0) is 12.7. The molecule has 0 saturated carbocycles. The van der Waals surface area contributed by atoms with Crippen molar-refractivity contribution in [3.8, 4) is 5.75 Å². The third kappa shape index (κ3) is 5.01. The molecule has 5 nitrogen and oxygen atoms in total. The number of carboxylic acid groups (broad SMARTS) is 2. The van der Waals surface area contributed by atoms with Crippen molar-refractivity contribution in [2.24, 2.45) is 0 Å². The fraction of sp³-hybridized carbons (Fsp3) is 0.333. The van der Waals surface area contributed by atoms with E-state index in [9.17, 15) is 9.59 Å². The lowest BCUT2D eigenvalue weighted by molar-refractivity contribution is -0.137. The van der Waals surface area contributed by atoms with Gasteiger partial charge < -0.3 is 14.9 Å². The fourth-order valence-electron chi connectivity index (χ4n) is 1.29. The molecule has 0 aliphatic carbocycles. The lowest BCUT2D eigenvalue weighted by Crippen LogP contribution is -2.01. The fourth-order valence-corrected chi connectivity index (χ4v) is 1.29. The van der Waals surface area contributed by atoms with Crippen LogP contribution in [0.15, 0.2) is 24.3 Å². The summed E-state index contributed by atoms with van der Waals surface area (Å²) in [4.78, 5) is 20.9. The van der Waals surface area contributed by atoms with Crippen LogP contribution in [0.2, 0.25) is 0 Å². The summed E-state index contributed by atoms with van der Waals surface area (Å²) in [6.07, 6.45) is 1.30. The Morgan fingerprint density at radius 3 is 2.59 bits per heavy atom. The number of aliphatic carboxylic acids is 1. The third-order valence-electron chi connectivity index (χ3n) is 2.13. The molecule has 5 heteroatoms. The number of carboxylic acids is 2. The minimum Gasteiger partial charge on any atom is -0.494 e. The highest BCUT2D eigenvalue weighted by Gasteiger charge is 2.03. The first-order chi connectivity index (χ1) is 8.09. The monoisotopic (exact) mass is 238 g/mol. The predicted molar refractivity (Wildman–Crippen MR) is 60.4 cm³/mol. The summed E-state index contributed by atoms with van der Waals surface area (Å²) >= 11 is 0. The zero-order valence-corrected chi connectivity index (χ0v) is 9.26. The summed E-state index contributed by atoms with van der Waals surface area (Å²) < 4.78 is 5.32. The number of benzene rings is 1. The van der Waals surface area contributed by atoms with E-state index in [0.29, 0.717) is 25.2 Å². The van der Waals surface area contributed by atoms with Crippen LogP contribution in [0.5, 0.6) is 5.75 Å². The second-order valence-electron chi connectivity index (χ2n) is 3.53. The van der Waals surface area contributed by atoms with Crippen LogP contribution in [0.1, 0.15) is 29.6 Å².